The summed E-state index contributed by atoms with van der Waals surface area (Å²) < 4.78 is 5.25. The minimum atomic E-state index is -0.0277. The Bertz CT molecular complexity index is 256. The zero-order valence-corrected chi connectivity index (χ0v) is 16.0. The van der Waals surface area contributed by atoms with Crippen LogP contribution in [0.5, 0.6) is 0 Å². The summed E-state index contributed by atoms with van der Waals surface area (Å²) in [5, 5.41) is 3.68. The molecule has 23 heavy (non-hydrogen) atoms. The van der Waals surface area contributed by atoms with E-state index in [0.717, 1.165) is 32.2 Å². The lowest BCUT2D eigenvalue weighted by Gasteiger charge is -2.16. The Morgan fingerprint density at radius 3 is 2.26 bits per heavy atom. The van der Waals surface area contributed by atoms with Crippen molar-refractivity contribution in [3.05, 3.63) is 0 Å². The van der Waals surface area contributed by atoms with Crippen molar-refractivity contribution in [3.8, 4) is 0 Å². The van der Waals surface area contributed by atoms with Crippen molar-refractivity contribution in [1.82, 2.24) is 5.32 Å². The summed E-state index contributed by atoms with van der Waals surface area (Å²) in [6.07, 6.45) is 15.2. The Morgan fingerprint density at radius 1 is 0.870 bits per heavy atom. The Labute approximate surface area is 144 Å². The van der Waals surface area contributed by atoms with E-state index in [1.54, 1.807) is 0 Å². The summed E-state index contributed by atoms with van der Waals surface area (Å²) in [5.74, 6) is -0.0277. The minimum absolute atomic E-state index is 0.0277. The highest BCUT2D eigenvalue weighted by atomic mass is 16.5. The minimum Gasteiger partial charge on any atom is -0.466 e. The van der Waals surface area contributed by atoms with Gasteiger partial charge in [-0.05, 0) is 45.1 Å². The number of unbranched alkanes of at least 4 members (excludes halogenated alkanes) is 7. The third kappa shape index (κ3) is 16.1. The van der Waals surface area contributed by atoms with Crippen molar-refractivity contribution in [3.63, 3.8) is 0 Å². The Hall–Kier alpha value is -0.570. The van der Waals surface area contributed by atoms with Crippen molar-refractivity contribution in [2.24, 2.45) is 0 Å². The van der Waals surface area contributed by atoms with Crippen molar-refractivity contribution in [2.75, 3.05) is 13.2 Å². The van der Waals surface area contributed by atoms with Gasteiger partial charge >= 0.3 is 5.97 Å². The van der Waals surface area contributed by atoms with Gasteiger partial charge in [-0.3, -0.25) is 4.79 Å². The SMILES string of the molecule is CCCCCCCCNC(CC)CCCCOC(=O)CCCC. The highest BCUT2D eigenvalue weighted by Crippen LogP contribution is 2.07. The fourth-order valence-corrected chi connectivity index (χ4v) is 2.73. The Balaban J connectivity index is 3.42. The number of hydrogen-bond donors (Lipinski definition) is 1. The molecule has 1 unspecified atom stereocenters. The molecule has 1 N–H and O–H groups in total. The standard InChI is InChI=1S/C20H41NO2/c1-4-7-9-10-11-13-17-21-19(6-3)15-12-14-18-23-20(22)16-8-5-2/h19,21H,4-18H2,1-3H3. The molecule has 3 nitrogen and oxygen atoms in total. The molecule has 0 spiro atoms. The summed E-state index contributed by atoms with van der Waals surface area (Å²) in [6.45, 7) is 8.35. The first kappa shape index (κ1) is 22.4. The zero-order chi connectivity index (χ0) is 17.2. The summed E-state index contributed by atoms with van der Waals surface area (Å²) >= 11 is 0. The first-order chi connectivity index (χ1) is 11.2. The van der Waals surface area contributed by atoms with Crippen molar-refractivity contribution in [1.29, 1.82) is 0 Å². The molecule has 0 aromatic carbocycles. The van der Waals surface area contributed by atoms with Crippen molar-refractivity contribution >= 4 is 5.97 Å². The lowest BCUT2D eigenvalue weighted by Crippen LogP contribution is -2.29. The van der Waals surface area contributed by atoms with Crippen molar-refractivity contribution < 1.29 is 9.53 Å². The van der Waals surface area contributed by atoms with E-state index in [1.807, 2.05) is 0 Å². The zero-order valence-electron chi connectivity index (χ0n) is 16.0. The van der Waals surface area contributed by atoms with Crippen LogP contribution in [-0.2, 0) is 9.53 Å². The van der Waals surface area contributed by atoms with Gasteiger partial charge in [-0.1, -0.05) is 59.3 Å². The van der Waals surface area contributed by atoms with Gasteiger partial charge in [-0.25, -0.2) is 0 Å². The normalized spacial score (nSPS) is 12.3. The molecule has 0 aliphatic rings. The number of carbonyl (C=O) groups excluding carboxylic acids is 1. The molecule has 3 heteroatoms. The van der Waals surface area contributed by atoms with Crippen LogP contribution in [0.1, 0.15) is 104 Å². The van der Waals surface area contributed by atoms with Crippen LogP contribution in [0.3, 0.4) is 0 Å². The summed E-state index contributed by atoms with van der Waals surface area (Å²) in [5.41, 5.74) is 0. The van der Waals surface area contributed by atoms with Crippen LogP contribution < -0.4 is 5.32 Å². The highest BCUT2D eigenvalue weighted by Gasteiger charge is 2.06. The molecule has 0 rings (SSSR count). The molecule has 0 heterocycles. The van der Waals surface area contributed by atoms with E-state index in [9.17, 15) is 4.79 Å². The quantitative estimate of drug-likeness (QED) is 0.278. The molecular weight excluding hydrogens is 286 g/mol. The molecule has 0 fully saturated rings. The van der Waals surface area contributed by atoms with Crippen molar-refractivity contribution in [2.45, 2.75) is 110 Å². The van der Waals surface area contributed by atoms with Gasteiger partial charge in [-0.15, -0.1) is 0 Å². The van der Waals surface area contributed by atoms with Gasteiger partial charge < -0.3 is 10.1 Å². The fourth-order valence-electron chi connectivity index (χ4n) is 2.73. The lowest BCUT2D eigenvalue weighted by atomic mass is 10.1. The summed E-state index contributed by atoms with van der Waals surface area (Å²) in [6, 6.07) is 0.626. The maximum Gasteiger partial charge on any atom is 0.305 e. The molecule has 0 saturated carbocycles. The summed E-state index contributed by atoms with van der Waals surface area (Å²) in [4.78, 5) is 11.4. The molecule has 138 valence electrons. The second-order valence-corrected chi connectivity index (χ2v) is 6.65. The second-order valence-electron chi connectivity index (χ2n) is 6.65. The van der Waals surface area contributed by atoms with Gasteiger partial charge in [0, 0.05) is 12.5 Å². The number of hydrogen-bond acceptors (Lipinski definition) is 3. The molecule has 0 bridgehead atoms. The molecular formula is C20H41NO2. The van der Waals surface area contributed by atoms with Gasteiger partial charge in [0.1, 0.15) is 0 Å². The highest BCUT2D eigenvalue weighted by molar-refractivity contribution is 5.69. The predicted octanol–water partition coefficient (Wildman–Crippen LogP) is 5.62. The van der Waals surface area contributed by atoms with E-state index in [1.165, 1.54) is 51.4 Å². The van der Waals surface area contributed by atoms with Gasteiger partial charge in [-0.2, -0.15) is 0 Å². The maximum atomic E-state index is 11.4. The Morgan fingerprint density at radius 2 is 1.57 bits per heavy atom. The van der Waals surface area contributed by atoms with Gasteiger partial charge in [0.15, 0.2) is 0 Å². The molecule has 0 aromatic heterocycles. The lowest BCUT2D eigenvalue weighted by molar-refractivity contribution is -0.143. The number of rotatable bonds is 17. The third-order valence-corrected chi connectivity index (χ3v) is 4.40. The van der Waals surface area contributed by atoms with Crippen LogP contribution in [0.15, 0.2) is 0 Å². The molecule has 1 atom stereocenters. The third-order valence-electron chi connectivity index (χ3n) is 4.40. The molecule has 0 radical (unpaired) electrons. The van der Waals surface area contributed by atoms with E-state index < -0.39 is 0 Å². The van der Waals surface area contributed by atoms with E-state index in [4.69, 9.17) is 4.74 Å². The molecule has 0 aliphatic heterocycles. The smallest absolute Gasteiger partial charge is 0.305 e. The average molecular weight is 328 g/mol. The van der Waals surface area contributed by atoms with Crippen LogP contribution in [0.4, 0.5) is 0 Å². The van der Waals surface area contributed by atoms with Crippen LogP contribution in [0.25, 0.3) is 0 Å². The van der Waals surface area contributed by atoms with Gasteiger partial charge in [0.2, 0.25) is 0 Å². The number of ether oxygens (including phenoxy) is 1. The fraction of sp³-hybridized carbons (Fsp3) is 0.950. The van der Waals surface area contributed by atoms with Crippen LogP contribution in [0, 0.1) is 0 Å². The molecule has 0 aromatic rings. The molecule has 0 saturated heterocycles. The Kier molecular flexibility index (Phi) is 17.3. The van der Waals surface area contributed by atoms with Gasteiger partial charge in [0.05, 0.1) is 6.61 Å². The predicted molar refractivity (Wildman–Crippen MR) is 99.8 cm³/mol. The second kappa shape index (κ2) is 17.8. The molecule has 0 amide bonds. The van der Waals surface area contributed by atoms with Crippen LogP contribution in [0.2, 0.25) is 0 Å². The number of carbonyl (C=O) groups is 1. The number of esters is 1. The summed E-state index contributed by atoms with van der Waals surface area (Å²) in [7, 11) is 0. The van der Waals surface area contributed by atoms with Crippen LogP contribution in [-0.4, -0.2) is 25.2 Å². The van der Waals surface area contributed by atoms with E-state index in [0.29, 0.717) is 19.1 Å². The van der Waals surface area contributed by atoms with E-state index in [-0.39, 0.29) is 5.97 Å². The largest absolute Gasteiger partial charge is 0.466 e. The number of nitrogens with one attached hydrogen (secondary N) is 1. The molecule has 0 aliphatic carbocycles. The average Bonchev–Trinajstić information content (AvgIpc) is 2.56. The van der Waals surface area contributed by atoms with Crippen LogP contribution >= 0.6 is 0 Å². The first-order valence-corrected chi connectivity index (χ1v) is 10.1. The monoisotopic (exact) mass is 327 g/mol. The maximum absolute atomic E-state index is 11.4. The van der Waals surface area contributed by atoms with E-state index >= 15 is 0 Å². The topological polar surface area (TPSA) is 38.3 Å². The van der Waals surface area contributed by atoms with Gasteiger partial charge in [0.25, 0.3) is 0 Å². The first-order valence-electron chi connectivity index (χ1n) is 10.1. The van der Waals surface area contributed by atoms with E-state index in [2.05, 4.69) is 26.1 Å².